The SMILES string of the molecule is COC(=O)C(C)(N)CCCCN1CCN(C2CC2)CC1. The van der Waals surface area contributed by atoms with Gasteiger partial charge in [0.15, 0.2) is 0 Å². The van der Waals surface area contributed by atoms with Gasteiger partial charge in [-0.05, 0) is 45.6 Å². The summed E-state index contributed by atoms with van der Waals surface area (Å²) in [7, 11) is 1.40. The minimum absolute atomic E-state index is 0.310. The van der Waals surface area contributed by atoms with Crippen LogP contribution in [0.1, 0.15) is 39.0 Å². The quantitative estimate of drug-likeness (QED) is 0.554. The highest BCUT2D eigenvalue weighted by atomic mass is 16.5. The van der Waals surface area contributed by atoms with Crippen molar-refractivity contribution in [3.63, 3.8) is 0 Å². The molecule has 1 saturated heterocycles. The molecule has 116 valence electrons. The van der Waals surface area contributed by atoms with Crippen LogP contribution in [0.25, 0.3) is 0 Å². The lowest BCUT2D eigenvalue weighted by Crippen LogP contribution is -2.47. The minimum Gasteiger partial charge on any atom is -0.468 e. The fraction of sp³-hybridized carbons (Fsp3) is 0.933. The molecule has 0 amide bonds. The monoisotopic (exact) mass is 283 g/mol. The van der Waals surface area contributed by atoms with E-state index in [1.54, 1.807) is 6.92 Å². The molecule has 20 heavy (non-hydrogen) atoms. The normalized spacial score (nSPS) is 24.4. The minimum atomic E-state index is -0.834. The van der Waals surface area contributed by atoms with Crippen LogP contribution in [0.5, 0.6) is 0 Å². The van der Waals surface area contributed by atoms with Gasteiger partial charge in [-0.1, -0.05) is 0 Å². The Morgan fingerprint density at radius 2 is 1.90 bits per heavy atom. The zero-order chi connectivity index (χ0) is 14.6. The molecule has 2 aliphatic rings. The van der Waals surface area contributed by atoms with Gasteiger partial charge in [0.1, 0.15) is 5.54 Å². The highest BCUT2D eigenvalue weighted by Crippen LogP contribution is 2.27. The summed E-state index contributed by atoms with van der Waals surface area (Å²) in [5, 5.41) is 0. The first-order valence-corrected chi connectivity index (χ1v) is 7.86. The first kappa shape index (κ1) is 15.7. The number of esters is 1. The molecule has 5 heteroatoms. The second-order valence-electron chi connectivity index (χ2n) is 6.47. The maximum absolute atomic E-state index is 11.5. The fourth-order valence-corrected chi connectivity index (χ4v) is 2.95. The number of carbonyl (C=O) groups is 1. The Bertz CT molecular complexity index is 321. The maximum Gasteiger partial charge on any atom is 0.325 e. The molecule has 0 aromatic rings. The summed E-state index contributed by atoms with van der Waals surface area (Å²) in [6, 6.07) is 0.898. The zero-order valence-corrected chi connectivity index (χ0v) is 12.9. The number of piperazine rings is 1. The lowest BCUT2D eigenvalue weighted by atomic mass is 9.96. The third-order valence-corrected chi connectivity index (χ3v) is 4.54. The van der Waals surface area contributed by atoms with Crippen molar-refractivity contribution in [3.8, 4) is 0 Å². The summed E-state index contributed by atoms with van der Waals surface area (Å²) in [5.41, 5.74) is 5.12. The molecular formula is C15H29N3O2. The Balaban J connectivity index is 1.56. The van der Waals surface area contributed by atoms with Gasteiger partial charge in [0.25, 0.3) is 0 Å². The summed E-state index contributed by atoms with van der Waals surface area (Å²) >= 11 is 0. The summed E-state index contributed by atoms with van der Waals surface area (Å²) in [4.78, 5) is 16.6. The summed E-state index contributed by atoms with van der Waals surface area (Å²) in [6.07, 6.45) is 5.59. The van der Waals surface area contributed by atoms with Crippen molar-refractivity contribution in [2.24, 2.45) is 5.73 Å². The number of nitrogens with zero attached hydrogens (tertiary/aromatic N) is 2. The predicted octanol–water partition coefficient (Wildman–Crippen LogP) is 0.827. The van der Waals surface area contributed by atoms with Crippen LogP contribution < -0.4 is 5.73 Å². The second-order valence-corrected chi connectivity index (χ2v) is 6.47. The van der Waals surface area contributed by atoms with Crippen molar-refractivity contribution in [1.82, 2.24) is 9.80 Å². The third-order valence-electron chi connectivity index (χ3n) is 4.54. The summed E-state index contributed by atoms with van der Waals surface area (Å²) in [5.74, 6) is -0.310. The zero-order valence-electron chi connectivity index (χ0n) is 12.9. The number of ether oxygens (including phenoxy) is 1. The van der Waals surface area contributed by atoms with E-state index in [0.29, 0.717) is 6.42 Å². The molecule has 1 heterocycles. The van der Waals surface area contributed by atoms with Crippen molar-refractivity contribution >= 4 is 5.97 Å². The summed E-state index contributed by atoms with van der Waals surface area (Å²) < 4.78 is 4.72. The Kier molecular flexibility index (Phi) is 5.41. The van der Waals surface area contributed by atoms with E-state index in [-0.39, 0.29) is 5.97 Å². The molecular weight excluding hydrogens is 254 g/mol. The van der Waals surface area contributed by atoms with Gasteiger partial charge in [-0.3, -0.25) is 9.69 Å². The molecule has 1 atom stereocenters. The van der Waals surface area contributed by atoms with Gasteiger partial charge in [-0.2, -0.15) is 0 Å². The second kappa shape index (κ2) is 6.87. The van der Waals surface area contributed by atoms with Gasteiger partial charge in [-0.15, -0.1) is 0 Å². The Labute approximate surface area is 122 Å². The van der Waals surface area contributed by atoms with Gasteiger partial charge in [0, 0.05) is 32.2 Å². The molecule has 2 fully saturated rings. The number of unbranched alkanes of at least 4 members (excludes halogenated alkanes) is 1. The number of carbonyl (C=O) groups excluding carboxylic acids is 1. The lowest BCUT2D eigenvalue weighted by Gasteiger charge is -2.34. The predicted molar refractivity (Wildman–Crippen MR) is 79.5 cm³/mol. The van der Waals surface area contributed by atoms with Crippen molar-refractivity contribution in [2.75, 3.05) is 39.8 Å². The molecule has 1 unspecified atom stereocenters. The van der Waals surface area contributed by atoms with Crippen molar-refractivity contribution in [3.05, 3.63) is 0 Å². The van der Waals surface area contributed by atoms with E-state index in [4.69, 9.17) is 10.5 Å². The highest BCUT2D eigenvalue weighted by Gasteiger charge is 2.31. The molecule has 0 aromatic carbocycles. The lowest BCUT2D eigenvalue weighted by molar-refractivity contribution is -0.146. The van der Waals surface area contributed by atoms with Crippen LogP contribution in [0.2, 0.25) is 0 Å². The van der Waals surface area contributed by atoms with Gasteiger partial charge in [0.2, 0.25) is 0 Å². The molecule has 0 spiro atoms. The van der Waals surface area contributed by atoms with E-state index in [9.17, 15) is 4.79 Å². The van der Waals surface area contributed by atoms with Crippen molar-refractivity contribution in [1.29, 1.82) is 0 Å². The number of hydrogen-bond acceptors (Lipinski definition) is 5. The fourth-order valence-electron chi connectivity index (χ4n) is 2.95. The molecule has 2 rings (SSSR count). The average Bonchev–Trinajstić information content (AvgIpc) is 3.28. The number of methoxy groups -OCH3 is 1. The highest BCUT2D eigenvalue weighted by molar-refractivity contribution is 5.79. The molecule has 1 saturated carbocycles. The maximum atomic E-state index is 11.5. The molecule has 1 aliphatic carbocycles. The van der Waals surface area contributed by atoms with E-state index in [0.717, 1.165) is 25.4 Å². The van der Waals surface area contributed by atoms with Gasteiger partial charge in [-0.25, -0.2) is 0 Å². The van der Waals surface area contributed by atoms with Crippen LogP contribution in [0, 0.1) is 0 Å². The molecule has 2 N–H and O–H groups in total. The number of rotatable bonds is 7. The standard InChI is InChI=1S/C15H29N3O2/c1-15(16,14(19)20-2)7-3-4-8-17-9-11-18(12-10-17)13-5-6-13/h13H,3-12,16H2,1-2H3. The largest absolute Gasteiger partial charge is 0.468 e. The average molecular weight is 283 g/mol. The van der Waals surface area contributed by atoms with E-state index >= 15 is 0 Å². The molecule has 0 aromatic heterocycles. The van der Waals surface area contributed by atoms with E-state index in [2.05, 4.69) is 9.80 Å². The Morgan fingerprint density at radius 3 is 2.45 bits per heavy atom. The van der Waals surface area contributed by atoms with Crippen molar-refractivity contribution in [2.45, 2.75) is 50.6 Å². The third kappa shape index (κ3) is 4.43. The smallest absolute Gasteiger partial charge is 0.325 e. The molecule has 0 bridgehead atoms. The van der Waals surface area contributed by atoms with Crippen LogP contribution in [-0.4, -0.2) is 67.2 Å². The molecule has 0 radical (unpaired) electrons. The molecule has 1 aliphatic heterocycles. The van der Waals surface area contributed by atoms with Crippen LogP contribution in [0.4, 0.5) is 0 Å². The van der Waals surface area contributed by atoms with Crippen LogP contribution in [0.15, 0.2) is 0 Å². The van der Waals surface area contributed by atoms with Gasteiger partial charge < -0.3 is 15.4 Å². The van der Waals surface area contributed by atoms with E-state index in [1.807, 2.05) is 0 Å². The van der Waals surface area contributed by atoms with Crippen LogP contribution in [0.3, 0.4) is 0 Å². The number of hydrogen-bond donors (Lipinski definition) is 1. The molecule has 5 nitrogen and oxygen atoms in total. The van der Waals surface area contributed by atoms with Gasteiger partial charge >= 0.3 is 5.97 Å². The van der Waals surface area contributed by atoms with E-state index in [1.165, 1.54) is 46.1 Å². The van der Waals surface area contributed by atoms with Crippen molar-refractivity contribution < 1.29 is 9.53 Å². The van der Waals surface area contributed by atoms with Crippen LogP contribution in [-0.2, 0) is 9.53 Å². The topological polar surface area (TPSA) is 58.8 Å². The Morgan fingerprint density at radius 1 is 1.25 bits per heavy atom. The summed E-state index contributed by atoms with van der Waals surface area (Å²) in [6.45, 7) is 7.70. The van der Waals surface area contributed by atoms with Gasteiger partial charge in [0.05, 0.1) is 7.11 Å². The van der Waals surface area contributed by atoms with Crippen LogP contribution >= 0.6 is 0 Å². The first-order valence-electron chi connectivity index (χ1n) is 7.86. The first-order chi connectivity index (χ1) is 9.53. The van der Waals surface area contributed by atoms with E-state index < -0.39 is 5.54 Å². The number of nitrogens with two attached hydrogens (primary N) is 1. The Hall–Kier alpha value is -0.650.